The summed E-state index contributed by atoms with van der Waals surface area (Å²) in [5, 5.41) is 9.97. The van der Waals surface area contributed by atoms with Gasteiger partial charge in [0.1, 0.15) is 12.2 Å². The Labute approximate surface area is 89.5 Å². The van der Waals surface area contributed by atoms with Gasteiger partial charge in [-0.25, -0.2) is 0 Å². The molecule has 1 aliphatic carbocycles. The first-order valence-electron chi connectivity index (χ1n) is 5.93. The molecular formula is C11H18O4. The molecule has 0 amide bonds. The van der Waals surface area contributed by atoms with Gasteiger partial charge in [0.15, 0.2) is 12.1 Å². The Hall–Kier alpha value is -0.160. The normalized spacial score (nSPS) is 47.6. The second-order valence-corrected chi connectivity index (χ2v) is 4.76. The molecule has 1 saturated carbocycles. The number of aliphatic hydroxyl groups is 1. The van der Waals surface area contributed by atoms with E-state index in [1.165, 1.54) is 0 Å². The maximum atomic E-state index is 9.97. The summed E-state index contributed by atoms with van der Waals surface area (Å²) >= 11 is 0. The Bertz CT molecular complexity index is 249. The molecule has 0 aromatic heterocycles. The molecule has 4 atom stereocenters. The van der Waals surface area contributed by atoms with E-state index in [-0.39, 0.29) is 18.5 Å². The van der Waals surface area contributed by atoms with E-state index in [1.807, 2.05) is 6.92 Å². The predicted octanol–water partition coefficient (Wildman–Crippen LogP) is 1.17. The lowest BCUT2D eigenvalue weighted by Gasteiger charge is -2.25. The Morgan fingerprint density at radius 3 is 2.60 bits per heavy atom. The second kappa shape index (κ2) is 3.42. The van der Waals surface area contributed by atoms with Crippen molar-refractivity contribution >= 4 is 0 Å². The first-order chi connectivity index (χ1) is 7.24. The van der Waals surface area contributed by atoms with Crippen molar-refractivity contribution in [3.05, 3.63) is 0 Å². The summed E-state index contributed by atoms with van der Waals surface area (Å²) in [5.74, 6) is -0.435. The molecule has 0 aromatic rings. The molecule has 4 nitrogen and oxygen atoms in total. The molecular weight excluding hydrogens is 196 g/mol. The number of hydrogen-bond donors (Lipinski definition) is 1. The van der Waals surface area contributed by atoms with Crippen molar-refractivity contribution in [2.24, 2.45) is 0 Å². The second-order valence-electron chi connectivity index (χ2n) is 4.76. The van der Waals surface area contributed by atoms with Gasteiger partial charge in [-0.2, -0.15) is 0 Å². The highest BCUT2D eigenvalue weighted by molar-refractivity contribution is 4.95. The van der Waals surface area contributed by atoms with Crippen LogP contribution in [0.15, 0.2) is 0 Å². The van der Waals surface area contributed by atoms with Crippen molar-refractivity contribution in [1.29, 1.82) is 0 Å². The molecule has 0 radical (unpaired) electrons. The first-order valence-corrected chi connectivity index (χ1v) is 5.93. The minimum atomic E-state index is -0.528. The molecule has 3 aliphatic rings. The van der Waals surface area contributed by atoms with Crippen LogP contribution in [-0.4, -0.2) is 35.5 Å². The summed E-state index contributed by atoms with van der Waals surface area (Å²) < 4.78 is 17.3. The van der Waals surface area contributed by atoms with Crippen LogP contribution in [0.2, 0.25) is 0 Å². The average molecular weight is 214 g/mol. The minimum Gasteiger partial charge on any atom is -0.387 e. The van der Waals surface area contributed by atoms with Gasteiger partial charge >= 0.3 is 0 Å². The highest BCUT2D eigenvalue weighted by Gasteiger charge is 2.57. The van der Waals surface area contributed by atoms with Crippen LogP contribution in [-0.2, 0) is 14.2 Å². The lowest BCUT2D eigenvalue weighted by molar-refractivity contribution is -0.229. The molecule has 3 rings (SSSR count). The van der Waals surface area contributed by atoms with E-state index >= 15 is 0 Å². The van der Waals surface area contributed by atoms with Crippen molar-refractivity contribution in [1.82, 2.24) is 0 Å². The molecule has 2 aliphatic heterocycles. The third-order valence-electron chi connectivity index (χ3n) is 3.74. The van der Waals surface area contributed by atoms with Gasteiger partial charge in [-0.15, -0.1) is 0 Å². The zero-order valence-corrected chi connectivity index (χ0v) is 9.02. The van der Waals surface area contributed by atoms with Crippen LogP contribution in [0.4, 0.5) is 0 Å². The van der Waals surface area contributed by atoms with Gasteiger partial charge in [-0.1, -0.05) is 6.92 Å². The Balaban J connectivity index is 1.73. The van der Waals surface area contributed by atoms with Gasteiger partial charge in [0.25, 0.3) is 0 Å². The summed E-state index contributed by atoms with van der Waals surface area (Å²) in [7, 11) is 0. The van der Waals surface area contributed by atoms with Crippen molar-refractivity contribution in [2.45, 2.75) is 69.4 Å². The first kappa shape index (κ1) is 10.0. The maximum absolute atomic E-state index is 9.97. The van der Waals surface area contributed by atoms with E-state index in [0.717, 1.165) is 32.1 Å². The van der Waals surface area contributed by atoms with Crippen LogP contribution in [0.25, 0.3) is 0 Å². The number of hydrogen-bond acceptors (Lipinski definition) is 4. The minimum absolute atomic E-state index is 0.126. The summed E-state index contributed by atoms with van der Waals surface area (Å²) in [6.45, 7) is 2.00. The van der Waals surface area contributed by atoms with Gasteiger partial charge in [0.05, 0.1) is 6.10 Å². The molecule has 0 aromatic carbocycles. The largest absolute Gasteiger partial charge is 0.387 e. The smallest absolute Gasteiger partial charge is 0.190 e. The van der Waals surface area contributed by atoms with E-state index in [2.05, 4.69) is 0 Å². The topological polar surface area (TPSA) is 47.9 Å². The van der Waals surface area contributed by atoms with Crippen LogP contribution >= 0.6 is 0 Å². The van der Waals surface area contributed by atoms with Gasteiger partial charge in [-0.05, 0) is 19.3 Å². The summed E-state index contributed by atoms with van der Waals surface area (Å²) in [5.41, 5.74) is 0. The number of ether oxygens (including phenoxy) is 3. The lowest BCUT2D eigenvalue weighted by Crippen LogP contribution is -2.35. The molecule has 86 valence electrons. The zero-order chi connectivity index (χ0) is 10.5. The predicted molar refractivity (Wildman–Crippen MR) is 52.1 cm³/mol. The average Bonchev–Trinajstić information content (AvgIpc) is 2.88. The van der Waals surface area contributed by atoms with E-state index in [1.54, 1.807) is 0 Å². The van der Waals surface area contributed by atoms with Gasteiger partial charge < -0.3 is 19.3 Å². The van der Waals surface area contributed by atoms with Crippen LogP contribution in [0.1, 0.15) is 39.0 Å². The van der Waals surface area contributed by atoms with Crippen molar-refractivity contribution in [3.8, 4) is 0 Å². The summed E-state index contributed by atoms with van der Waals surface area (Å²) in [6.07, 6.45) is 3.70. The SMILES string of the molecule is CC[C@H]1O[C@H]2OC3(CCCC3)O[C@@H]2[C@H]1O. The molecule has 3 fully saturated rings. The molecule has 2 saturated heterocycles. The summed E-state index contributed by atoms with van der Waals surface area (Å²) in [4.78, 5) is 0. The zero-order valence-electron chi connectivity index (χ0n) is 9.02. The number of fused-ring (bicyclic) bond motifs is 1. The fourth-order valence-electron chi connectivity index (χ4n) is 2.90. The highest BCUT2D eigenvalue weighted by atomic mass is 16.8. The molecule has 15 heavy (non-hydrogen) atoms. The Morgan fingerprint density at radius 2 is 2.00 bits per heavy atom. The van der Waals surface area contributed by atoms with Crippen LogP contribution in [0.5, 0.6) is 0 Å². The van der Waals surface area contributed by atoms with Crippen LogP contribution in [0.3, 0.4) is 0 Å². The molecule has 1 spiro atoms. The quantitative estimate of drug-likeness (QED) is 0.711. The van der Waals surface area contributed by atoms with Gasteiger partial charge in [0.2, 0.25) is 0 Å². The van der Waals surface area contributed by atoms with E-state index < -0.39 is 11.9 Å². The monoisotopic (exact) mass is 214 g/mol. The number of aliphatic hydroxyl groups excluding tert-OH is 1. The third-order valence-corrected chi connectivity index (χ3v) is 3.74. The van der Waals surface area contributed by atoms with Crippen molar-refractivity contribution < 1.29 is 19.3 Å². The van der Waals surface area contributed by atoms with E-state index in [0.29, 0.717) is 0 Å². The van der Waals surface area contributed by atoms with Crippen LogP contribution < -0.4 is 0 Å². The molecule has 2 heterocycles. The highest BCUT2D eigenvalue weighted by Crippen LogP contribution is 2.46. The Kier molecular flexibility index (Phi) is 2.28. The maximum Gasteiger partial charge on any atom is 0.190 e. The standard InChI is InChI=1S/C11H18O4/c1-2-7-8(12)9-10(13-7)15-11(14-9)5-3-4-6-11/h7-10,12H,2-6H2,1H3/t7-,8+,9-,10+/m1/s1. The van der Waals surface area contributed by atoms with Gasteiger partial charge in [0, 0.05) is 12.8 Å². The molecule has 0 unspecified atom stereocenters. The van der Waals surface area contributed by atoms with Gasteiger partial charge in [-0.3, -0.25) is 0 Å². The molecule has 4 heteroatoms. The third kappa shape index (κ3) is 1.43. The Morgan fingerprint density at radius 1 is 1.27 bits per heavy atom. The van der Waals surface area contributed by atoms with E-state index in [9.17, 15) is 5.11 Å². The van der Waals surface area contributed by atoms with Crippen LogP contribution in [0, 0.1) is 0 Å². The fraction of sp³-hybridized carbons (Fsp3) is 1.00. The molecule has 1 N–H and O–H groups in total. The van der Waals surface area contributed by atoms with Crippen molar-refractivity contribution in [3.63, 3.8) is 0 Å². The lowest BCUT2D eigenvalue weighted by atomic mass is 10.1. The van der Waals surface area contributed by atoms with Crippen molar-refractivity contribution in [2.75, 3.05) is 0 Å². The van der Waals surface area contributed by atoms with E-state index in [4.69, 9.17) is 14.2 Å². The fourth-order valence-corrected chi connectivity index (χ4v) is 2.90. The summed E-state index contributed by atoms with van der Waals surface area (Å²) in [6, 6.07) is 0. The molecule has 0 bridgehead atoms. The number of rotatable bonds is 1.